The van der Waals surface area contributed by atoms with E-state index in [9.17, 15) is 19.2 Å². The minimum Gasteiger partial charge on any atom is -0.451 e. The molecule has 0 aromatic heterocycles. The summed E-state index contributed by atoms with van der Waals surface area (Å²) in [7, 11) is 0. The Bertz CT molecular complexity index is 597. The number of primary amides is 1. The molecule has 0 aromatic carbocycles. The molecular formula is C18H27N3O5. The van der Waals surface area contributed by atoms with E-state index in [2.05, 4.69) is 5.32 Å². The fraction of sp³-hybridized carbons (Fsp3) is 0.778. The van der Waals surface area contributed by atoms with Crippen LogP contribution in [0.1, 0.15) is 52.4 Å². The second-order valence-corrected chi connectivity index (χ2v) is 8.33. The molecule has 0 aliphatic heterocycles. The fourth-order valence-electron chi connectivity index (χ4n) is 5.35. The molecule has 4 N–H and O–H groups in total. The Labute approximate surface area is 152 Å². The predicted molar refractivity (Wildman–Crippen MR) is 91.5 cm³/mol. The number of nitrogens with one attached hydrogen (secondary N) is 2. The lowest BCUT2D eigenvalue weighted by Crippen LogP contribution is -2.56. The van der Waals surface area contributed by atoms with Crippen LogP contribution in [-0.2, 0) is 19.1 Å². The molecule has 0 spiro atoms. The second kappa shape index (κ2) is 6.89. The lowest BCUT2D eigenvalue weighted by Gasteiger charge is -2.55. The minimum atomic E-state index is -1.17. The van der Waals surface area contributed by atoms with Crippen LogP contribution in [-0.4, -0.2) is 36.0 Å². The standard InChI is InChI=1S/C18H27N3O5/c1-9(15(23)26-10(2)14(22)21-17(19)25)20-16(24)18-6-11-3-12(7-18)5-13(4-11)8-18/h9-13H,3-8H2,1-2H3,(H,20,24)(H3,19,21,22,25)/t9-,10-,11?,12?,13?,18?/m0/s1. The van der Waals surface area contributed by atoms with Gasteiger partial charge in [-0.3, -0.25) is 14.9 Å². The first-order valence-corrected chi connectivity index (χ1v) is 9.30. The third-order valence-corrected chi connectivity index (χ3v) is 6.13. The van der Waals surface area contributed by atoms with E-state index in [1.165, 1.54) is 26.2 Å². The Morgan fingerprint density at radius 3 is 1.96 bits per heavy atom. The minimum absolute atomic E-state index is 0.0738. The highest BCUT2D eigenvalue weighted by Gasteiger charge is 2.54. The van der Waals surface area contributed by atoms with Gasteiger partial charge in [0.05, 0.1) is 0 Å². The molecule has 144 valence electrons. The van der Waals surface area contributed by atoms with Crippen LogP contribution in [0.25, 0.3) is 0 Å². The molecule has 0 heterocycles. The van der Waals surface area contributed by atoms with Crippen molar-refractivity contribution in [3.8, 4) is 0 Å². The molecule has 8 nitrogen and oxygen atoms in total. The Morgan fingerprint density at radius 1 is 1.00 bits per heavy atom. The molecule has 4 fully saturated rings. The summed E-state index contributed by atoms with van der Waals surface area (Å²) in [5, 5.41) is 4.64. The van der Waals surface area contributed by atoms with Gasteiger partial charge in [-0.2, -0.15) is 0 Å². The summed E-state index contributed by atoms with van der Waals surface area (Å²) < 4.78 is 5.02. The zero-order valence-electron chi connectivity index (χ0n) is 15.2. The molecule has 8 heteroatoms. The van der Waals surface area contributed by atoms with Crippen LogP contribution in [0.15, 0.2) is 0 Å². The number of hydrogen-bond donors (Lipinski definition) is 3. The molecule has 4 rings (SSSR count). The zero-order valence-corrected chi connectivity index (χ0v) is 15.2. The largest absolute Gasteiger partial charge is 0.451 e. The lowest BCUT2D eigenvalue weighted by atomic mass is 9.49. The molecule has 26 heavy (non-hydrogen) atoms. The first-order valence-electron chi connectivity index (χ1n) is 9.30. The van der Waals surface area contributed by atoms with Gasteiger partial charge in [0.25, 0.3) is 5.91 Å². The van der Waals surface area contributed by atoms with Gasteiger partial charge in [0, 0.05) is 5.41 Å². The quantitative estimate of drug-likeness (QED) is 0.622. The van der Waals surface area contributed by atoms with Crippen molar-refractivity contribution >= 4 is 23.8 Å². The predicted octanol–water partition coefficient (Wildman–Crippen LogP) is 0.834. The monoisotopic (exact) mass is 365 g/mol. The summed E-state index contributed by atoms with van der Waals surface area (Å²) in [5.41, 5.74) is 4.51. The van der Waals surface area contributed by atoms with Gasteiger partial charge >= 0.3 is 12.0 Å². The number of amides is 4. The smallest absolute Gasteiger partial charge is 0.329 e. The number of carbonyl (C=O) groups excluding carboxylic acids is 4. The van der Waals surface area contributed by atoms with Crippen molar-refractivity contribution in [1.29, 1.82) is 0 Å². The number of urea groups is 1. The van der Waals surface area contributed by atoms with Crippen molar-refractivity contribution in [1.82, 2.24) is 10.6 Å². The average Bonchev–Trinajstić information content (AvgIpc) is 2.52. The number of rotatable bonds is 5. The lowest BCUT2D eigenvalue weighted by molar-refractivity contribution is -0.159. The van der Waals surface area contributed by atoms with Crippen molar-refractivity contribution in [2.45, 2.75) is 64.5 Å². The molecule has 0 radical (unpaired) electrons. The van der Waals surface area contributed by atoms with Gasteiger partial charge in [0.15, 0.2) is 6.10 Å². The van der Waals surface area contributed by atoms with Crippen LogP contribution in [0.2, 0.25) is 0 Å². The SMILES string of the molecule is C[C@H](NC(=O)C12CC3CC(CC(C3)C1)C2)C(=O)O[C@@H](C)C(=O)NC(N)=O. The molecule has 4 amide bonds. The van der Waals surface area contributed by atoms with Gasteiger partial charge in [-0.1, -0.05) is 0 Å². The Hall–Kier alpha value is -2.12. The van der Waals surface area contributed by atoms with Crippen LogP contribution >= 0.6 is 0 Å². The van der Waals surface area contributed by atoms with E-state index in [1.54, 1.807) is 6.92 Å². The normalized spacial score (nSPS) is 33.8. The molecule has 0 unspecified atom stereocenters. The summed E-state index contributed by atoms with van der Waals surface area (Å²) in [5.74, 6) is 0.307. The van der Waals surface area contributed by atoms with Crippen molar-refractivity contribution in [3.05, 3.63) is 0 Å². The topological polar surface area (TPSA) is 128 Å². The van der Waals surface area contributed by atoms with Crippen LogP contribution < -0.4 is 16.4 Å². The van der Waals surface area contributed by atoms with Crippen LogP contribution in [0.5, 0.6) is 0 Å². The summed E-state index contributed by atoms with van der Waals surface area (Å²) in [4.78, 5) is 47.4. The van der Waals surface area contributed by atoms with Crippen molar-refractivity contribution in [2.24, 2.45) is 28.9 Å². The van der Waals surface area contributed by atoms with Crippen LogP contribution in [0.4, 0.5) is 4.79 Å². The Balaban J connectivity index is 1.55. The van der Waals surface area contributed by atoms with E-state index in [-0.39, 0.29) is 11.3 Å². The number of hydrogen-bond acceptors (Lipinski definition) is 5. The van der Waals surface area contributed by atoms with E-state index in [4.69, 9.17) is 10.5 Å². The van der Waals surface area contributed by atoms with Gasteiger partial charge < -0.3 is 15.8 Å². The number of esters is 1. The number of carbonyl (C=O) groups is 4. The summed E-state index contributed by atoms with van der Waals surface area (Å²) >= 11 is 0. The highest BCUT2D eigenvalue weighted by molar-refractivity contribution is 5.97. The molecule has 0 aromatic rings. The van der Waals surface area contributed by atoms with Gasteiger partial charge in [-0.05, 0) is 70.1 Å². The van der Waals surface area contributed by atoms with Gasteiger partial charge in [0.1, 0.15) is 6.04 Å². The first-order chi connectivity index (χ1) is 12.2. The molecule has 4 saturated carbocycles. The summed E-state index contributed by atoms with van der Waals surface area (Å²) in [6, 6.07) is -1.87. The zero-order chi connectivity index (χ0) is 19.1. The molecule has 2 atom stereocenters. The summed E-state index contributed by atoms with van der Waals surface area (Å²) in [6.07, 6.45) is 5.25. The van der Waals surface area contributed by atoms with E-state index in [0.29, 0.717) is 17.8 Å². The highest BCUT2D eigenvalue weighted by atomic mass is 16.5. The van der Waals surface area contributed by atoms with Gasteiger partial charge in [-0.25, -0.2) is 9.59 Å². The second-order valence-electron chi connectivity index (χ2n) is 8.33. The third kappa shape index (κ3) is 3.68. The Morgan fingerprint density at radius 2 is 1.50 bits per heavy atom. The molecule has 0 saturated heterocycles. The maximum Gasteiger partial charge on any atom is 0.329 e. The summed E-state index contributed by atoms with van der Waals surface area (Å²) in [6.45, 7) is 2.88. The Kier molecular flexibility index (Phi) is 4.94. The van der Waals surface area contributed by atoms with E-state index in [0.717, 1.165) is 19.3 Å². The molecule has 4 bridgehead atoms. The van der Waals surface area contributed by atoms with Crippen molar-refractivity contribution < 1.29 is 23.9 Å². The molecule has 4 aliphatic rings. The van der Waals surface area contributed by atoms with Crippen molar-refractivity contribution in [2.75, 3.05) is 0 Å². The number of nitrogens with two attached hydrogens (primary N) is 1. The third-order valence-electron chi connectivity index (χ3n) is 6.13. The molecule has 4 aliphatic carbocycles. The average molecular weight is 365 g/mol. The number of ether oxygens (including phenoxy) is 1. The maximum atomic E-state index is 12.9. The first kappa shape index (κ1) is 18.7. The maximum absolute atomic E-state index is 12.9. The van der Waals surface area contributed by atoms with Gasteiger partial charge in [-0.15, -0.1) is 0 Å². The number of imide groups is 1. The van der Waals surface area contributed by atoms with E-state index in [1.807, 2.05) is 5.32 Å². The van der Waals surface area contributed by atoms with E-state index < -0.39 is 30.1 Å². The van der Waals surface area contributed by atoms with Crippen LogP contribution in [0.3, 0.4) is 0 Å². The van der Waals surface area contributed by atoms with Gasteiger partial charge in [0.2, 0.25) is 5.91 Å². The van der Waals surface area contributed by atoms with Crippen molar-refractivity contribution in [3.63, 3.8) is 0 Å². The fourth-order valence-corrected chi connectivity index (χ4v) is 5.35. The molecular weight excluding hydrogens is 338 g/mol. The van der Waals surface area contributed by atoms with E-state index >= 15 is 0 Å². The highest BCUT2D eigenvalue weighted by Crippen LogP contribution is 2.60. The van der Waals surface area contributed by atoms with Crippen LogP contribution in [0, 0.1) is 23.2 Å².